The van der Waals surface area contributed by atoms with Gasteiger partial charge in [0.2, 0.25) is 0 Å². The lowest BCUT2D eigenvalue weighted by molar-refractivity contribution is -0.145. The molecular weight excluding hydrogens is 365 g/mol. The molecule has 1 N–H and O–H groups in total. The zero-order chi connectivity index (χ0) is 19.9. The summed E-state index contributed by atoms with van der Waals surface area (Å²) in [5.41, 5.74) is -0.750. The summed E-state index contributed by atoms with van der Waals surface area (Å²) >= 11 is 0. The van der Waals surface area contributed by atoms with E-state index in [0.717, 1.165) is 12.1 Å². The SMILES string of the molecule is CCOC(=O)CC(O)COc1ccc(Oc2ccc(C(F)(F)F)cc2)cc1. The molecule has 5 nitrogen and oxygen atoms in total. The number of rotatable bonds is 8. The van der Waals surface area contributed by atoms with Crippen LogP contribution < -0.4 is 9.47 Å². The Balaban J connectivity index is 1.85. The van der Waals surface area contributed by atoms with Gasteiger partial charge in [-0.3, -0.25) is 4.79 Å². The van der Waals surface area contributed by atoms with E-state index in [1.54, 1.807) is 31.2 Å². The Morgan fingerprint density at radius 3 is 2.04 bits per heavy atom. The van der Waals surface area contributed by atoms with Crippen molar-refractivity contribution in [3.63, 3.8) is 0 Å². The van der Waals surface area contributed by atoms with Crippen molar-refractivity contribution in [3.8, 4) is 17.2 Å². The van der Waals surface area contributed by atoms with Gasteiger partial charge in [-0.1, -0.05) is 0 Å². The van der Waals surface area contributed by atoms with Gasteiger partial charge in [-0.25, -0.2) is 0 Å². The van der Waals surface area contributed by atoms with Crippen molar-refractivity contribution in [3.05, 3.63) is 54.1 Å². The molecule has 0 aliphatic carbocycles. The first-order valence-corrected chi connectivity index (χ1v) is 8.19. The van der Waals surface area contributed by atoms with E-state index in [1.807, 2.05) is 0 Å². The monoisotopic (exact) mass is 384 g/mol. The van der Waals surface area contributed by atoms with Gasteiger partial charge < -0.3 is 19.3 Å². The third-order valence-corrected chi connectivity index (χ3v) is 3.39. The fourth-order valence-electron chi connectivity index (χ4n) is 2.12. The van der Waals surface area contributed by atoms with Crippen LogP contribution in [0.3, 0.4) is 0 Å². The van der Waals surface area contributed by atoms with Crippen molar-refractivity contribution in [2.45, 2.75) is 25.6 Å². The van der Waals surface area contributed by atoms with Crippen molar-refractivity contribution in [1.82, 2.24) is 0 Å². The van der Waals surface area contributed by atoms with Crippen LogP contribution in [-0.2, 0) is 15.7 Å². The average molecular weight is 384 g/mol. The van der Waals surface area contributed by atoms with Crippen LogP contribution in [0.2, 0.25) is 0 Å². The maximum Gasteiger partial charge on any atom is 0.416 e. The highest BCUT2D eigenvalue weighted by atomic mass is 19.4. The molecule has 0 heterocycles. The van der Waals surface area contributed by atoms with E-state index in [9.17, 15) is 23.1 Å². The Kier molecular flexibility index (Phi) is 7.06. The maximum absolute atomic E-state index is 12.5. The fourth-order valence-corrected chi connectivity index (χ4v) is 2.12. The smallest absolute Gasteiger partial charge is 0.416 e. The number of hydrogen-bond donors (Lipinski definition) is 1. The highest BCUT2D eigenvalue weighted by Crippen LogP contribution is 2.31. The second-order valence-electron chi connectivity index (χ2n) is 5.57. The molecule has 0 radical (unpaired) electrons. The number of benzene rings is 2. The predicted molar refractivity (Wildman–Crippen MR) is 90.7 cm³/mol. The standard InChI is InChI=1S/C19H19F3O5/c1-2-25-18(24)11-14(23)12-26-15-7-9-17(10-8-15)27-16-5-3-13(4-6-16)19(20,21)22/h3-10,14,23H,2,11-12H2,1H3. The second kappa shape index (κ2) is 9.27. The van der Waals surface area contributed by atoms with E-state index in [4.69, 9.17) is 14.2 Å². The molecule has 2 aromatic carbocycles. The molecule has 2 aromatic rings. The summed E-state index contributed by atoms with van der Waals surface area (Å²) in [6.45, 7) is 1.83. The Labute approximate surface area is 154 Å². The lowest BCUT2D eigenvalue weighted by atomic mass is 10.2. The number of esters is 1. The maximum atomic E-state index is 12.5. The van der Waals surface area contributed by atoms with Crippen LogP contribution >= 0.6 is 0 Å². The highest BCUT2D eigenvalue weighted by molar-refractivity contribution is 5.69. The molecule has 0 amide bonds. The van der Waals surface area contributed by atoms with E-state index in [1.165, 1.54) is 12.1 Å². The Morgan fingerprint density at radius 1 is 1.00 bits per heavy atom. The molecule has 0 bridgehead atoms. The first kappa shape index (κ1) is 20.6. The fraction of sp³-hybridized carbons (Fsp3) is 0.316. The number of carbonyl (C=O) groups is 1. The van der Waals surface area contributed by atoms with Gasteiger partial charge >= 0.3 is 12.1 Å². The topological polar surface area (TPSA) is 65.0 Å². The molecule has 0 fully saturated rings. The van der Waals surface area contributed by atoms with Gasteiger partial charge in [0, 0.05) is 0 Å². The molecule has 146 valence electrons. The predicted octanol–water partition coefficient (Wildman–Crippen LogP) is 4.19. The summed E-state index contributed by atoms with van der Waals surface area (Å²) in [4.78, 5) is 11.2. The molecule has 0 aromatic heterocycles. The summed E-state index contributed by atoms with van der Waals surface area (Å²) < 4.78 is 53.2. The quantitative estimate of drug-likeness (QED) is 0.692. The Bertz CT molecular complexity index is 727. The van der Waals surface area contributed by atoms with Crippen LogP contribution in [0.1, 0.15) is 18.9 Å². The molecule has 2 rings (SSSR count). The Hall–Kier alpha value is -2.74. The van der Waals surface area contributed by atoms with Crippen LogP contribution in [-0.4, -0.2) is 30.4 Å². The summed E-state index contributed by atoms with van der Waals surface area (Å²) in [5.74, 6) is 0.613. The highest BCUT2D eigenvalue weighted by Gasteiger charge is 2.30. The minimum atomic E-state index is -4.39. The zero-order valence-corrected chi connectivity index (χ0v) is 14.5. The van der Waals surface area contributed by atoms with Crippen LogP contribution in [0.25, 0.3) is 0 Å². The van der Waals surface area contributed by atoms with Crippen molar-refractivity contribution in [2.24, 2.45) is 0 Å². The van der Waals surface area contributed by atoms with Crippen LogP contribution in [0.5, 0.6) is 17.2 Å². The van der Waals surface area contributed by atoms with Gasteiger partial charge in [-0.15, -0.1) is 0 Å². The molecule has 27 heavy (non-hydrogen) atoms. The first-order valence-electron chi connectivity index (χ1n) is 8.19. The largest absolute Gasteiger partial charge is 0.491 e. The van der Waals surface area contributed by atoms with E-state index in [-0.39, 0.29) is 25.4 Å². The summed E-state index contributed by atoms with van der Waals surface area (Å²) in [5, 5.41) is 9.71. The summed E-state index contributed by atoms with van der Waals surface area (Å²) in [6, 6.07) is 10.7. The van der Waals surface area contributed by atoms with E-state index in [0.29, 0.717) is 11.5 Å². The molecule has 1 atom stereocenters. The van der Waals surface area contributed by atoms with Gasteiger partial charge in [-0.2, -0.15) is 13.2 Å². The number of hydrogen-bond acceptors (Lipinski definition) is 5. The number of aliphatic hydroxyl groups excluding tert-OH is 1. The number of alkyl halides is 3. The minimum Gasteiger partial charge on any atom is -0.491 e. The molecule has 8 heteroatoms. The van der Waals surface area contributed by atoms with E-state index in [2.05, 4.69) is 0 Å². The van der Waals surface area contributed by atoms with Gasteiger partial charge in [0.15, 0.2) is 0 Å². The van der Waals surface area contributed by atoms with Crippen molar-refractivity contribution >= 4 is 5.97 Å². The van der Waals surface area contributed by atoms with Gasteiger partial charge in [0.05, 0.1) is 24.7 Å². The van der Waals surface area contributed by atoms with Crippen molar-refractivity contribution in [1.29, 1.82) is 0 Å². The van der Waals surface area contributed by atoms with E-state index < -0.39 is 23.8 Å². The molecular formula is C19H19F3O5. The lowest BCUT2D eigenvalue weighted by Gasteiger charge is -2.12. The molecule has 0 aliphatic heterocycles. The normalized spacial score (nSPS) is 12.3. The number of carbonyl (C=O) groups excluding carboxylic acids is 1. The third kappa shape index (κ3) is 6.82. The van der Waals surface area contributed by atoms with Gasteiger partial charge in [0.1, 0.15) is 23.9 Å². The molecule has 0 aliphatic rings. The third-order valence-electron chi connectivity index (χ3n) is 3.39. The van der Waals surface area contributed by atoms with Gasteiger partial charge in [0.25, 0.3) is 0 Å². The average Bonchev–Trinajstić information content (AvgIpc) is 2.61. The molecule has 0 spiro atoms. The van der Waals surface area contributed by atoms with Crippen LogP contribution in [0.4, 0.5) is 13.2 Å². The van der Waals surface area contributed by atoms with Crippen molar-refractivity contribution < 1.29 is 37.3 Å². The lowest BCUT2D eigenvalue weighted by Crippen LogP contribution is -2.22. The summed E-state index contributed by atoms with van der Waals surface area (Å²) in [7, 11) is 0. The van der Waals surface area contributed by atoms with Crippen molar-refractivity contribution in [2.75, 3.05) is 13.2 Å². The minimum absolute atomic E-state index is 0.0854. The molecule has 0 saturated carbocycles. The summed E-state index contributed by atoms with van der Waals surface area (Å²) in [6.07, 6.45) is -5.55. The first-order chi connectivity index (χ1) is 12.8. The zero-order valence-electron chi connectivity index (χ0n) is 14.5. The van der Waals surface area contributed by atoms with Crippen LogP contribution in [0.15, 0.2) is 48.5 Å². The second-order valence-corrected chi connectivity index (χ2v) is 5.57. The Morgan fingerprint density at radius 2 is 1.52 bits per heavy atom. The molecule has 1 unspecified atom stereocenters. The molecule has 0 saturated heterocycles. The van der Waals surface area contributed by atoms with E-state index >= 15 is 0 Å². The van der Waals surface area contributed by atoms with Crippen LogP contribution in [0, 0.1) is 0 Å². The van der Waals surface area contributed by atoms with Gasteiger partial charge in [-0.05, 0) is 55.5 Å². The number of ether oxygens (including phenoxy) is 3. The number of aliphatic hydroxyl groups is 1. The number of halogens is 3.